The van der Waals surface area contributed by atoms with Gasteiger partial charge >= 0.3 is 0 Å². The molecule has 0 amide bonds. The fraction of sp³-hybridized carbons (Fsp3) is 0.176. The number of sulfonamides is 1. The van der Waals surface area contributed by atoms with Gasteiger partial charge in [0.2, 0.25) is 21.7 Å². The van der Waals surface area contributed by atoms with Crippen molar-refractivity contribution in [1.82, 2.24) is 14.9 Å². The number of aromatic nitrogens is 2. The molecule has 3 aromatic rings. The van der Waals surface area contributed by atoms with Crippen LogP contribution in [0.1, 0.15) is 17.0 Å². The quantitative estimate of drug-likeness (QED) is 0.735. The summed E-state index contributed by atoms with van der Waals surface area (Å²) in [4.78, 5) is 4.29. The van der Waals surface area contributed by atoms with Crippen LogP contribution in [0, 0.1) is 13.8 Å². The highest BCUT2D eigenvalue weighted by Gasteiger charge is 2.17. The molecule has 0 fully saturated rings. The summed E-state index contributed by atoms with van der Waals surface area (Å²) in [5.41, 5.74) is 2.73. The molecule has 0 aliphatic heterocycles. The number of halogens is 1. The zero-order valence-corrected chi connectivity index (χ0v) is 15.2. The van der Waals surface area contributed by atoms with Gasteiger partial charge in [0.25, 0.3) is 0 Å². The summed E-state index contributed by atoms with van der Waals surface area (Å²) in [5.74, 6) is 0.588. The lowest BCUT2D eigenvalue weighted by molar-refractivity contribution is 0.376. The number of hydrogen-bond donors (Lipinski definition) is 1. The lowest BCUT2D eigenvalue weighted by Crippen LogP contribution is -2.23. The van der Waals surface area contributed by atoms with E-state index in [0.717, 1.165) is 16.7 Å². The van der Waals surface area contributed by atoms with E-state index in [0.29, 0.717) is 10.8 Å². The van der Waals surface area contributed by atoms with Crippen LogP contribution in [0.3, 0.4) is 0 Å². The maximum atomic E-state index is 12.3. The molecule has 0 aliphatic carbocycles. The van der Waals surface area contributed by atoms with Crippen molar-refractivity contribution in [3.05, 3.63) is 64.5 Å². The van der Waals surface area contributed by atoms with E-state index >= 15 is 0 Å². The van der Waals surface area contributed by atoms with Gasteiger partial charge in [0.05, 0.1) is 11.4 Å². The molecule has 0 saturated heterocycles. The summed E-state index contributed by atoms with van der Waals surface area (Å²) < 4.78 is 32.2. The zero-order chi connectivity index (χ0) is 18.0. The number of nitrogens with zero attached hydrogens (tertiary/aromatic N) is 2. The first-order chi connectivity index (χ1) is 11.8. The van der Waals surface area contributed by atoms with Crippen molar-refractivity contribution < 1.29 is 12.9 Å². The molecule has 0 bridgehead atoms. The first kappa shape index (κ1) is 17.6. The number of nitrogens with one attached hydrogen (secondary N) is 1. The van der Waals surface area contributed by atoms with Gasteiger partial charge in [-0.1, -0.05) is 52.7 Å². The second kappa shape index (κ2) is 6.95. The van der Waals surface area contributed by atoms with Crippen LogP contribution in [0.4, 0.5) is 0 Å². The molecule has 25 heavy (non-hydrogen) atoms. The molecule has 0 radical (unpaired) electrons. The van der Waals surface area contributed by atoms with Crippen LogP contribution >= 0.6 is 11.6 Å². The topological polar surface area (TPSA) is 85.1 Å². The van der Waals surface area contributed by atoms with Gasteiger partial charge in [-0.15, -0.1) is 0 Å². The number of rotatable bonds is 5. The van der Waals surface area contributed by atoms with Gasteiger partial charge in [0, 0.05) is 10.6 Å². The third kappa shape index (κ3) is 4.07. The standard InChI is InChI=1S/C17H16ClN3O3S/c1-11-3-6-13(7-4-11)17-20-16(24-21-17)10-19-25(22,23)14-8-5-12(2)15(18)9-14/h3-9,19H,10H2,1-2H3. The Labute approximate surface area is 150 Å². The Hall–Kier alpha value is -2.22. The molecule has 8 heteroatoms. The molecular weight excluding hydrogens is 362 g/mol. The van der Waals surface area contributed by atoms with Gasteiger partial charge < -0.3 is 4.52 Å². The normalized spacial score (nSPS) is 11.6. The first-order valence-electron chi connectivity index (χ1n) is 7.50. The van der Waals surface area contributed by atoms with Crippen LogP contribution in [-0.2, 0) is 16.6 Å². The summed E-state index contributed by atoms with van der Waals surface area (Å²) in [6.07, 6.45) is 0. The lowest BCUT2D eigenvalue weighted by Gasteiger charge is -2.06. The third-order valence-corrected chi connectivity index (χ3v) is 5.45. The van der Waals surface area contributed by atoms with E-state index in [1.54, 1.807) is 13.0 Å². The van der Waals surface area contributed by atoms with Gasteiger partial charge in [-0.25, -0.2) is 13.1 Å². The van der Waals surface area contributed by atoms with Crippen molar-refractivity contribution in [2.45, 2.75) is 25.3 Å². The second-order valence-corrected chi connectivity index (χ2v) is 7.79. The fourth-order valence-electron chi connectivity index (χ4n) is 2.13. The second-order valence-electron chi connectivity index (χ2n) is 5.61. The first-order valence-corrected chi connectivity index (χ1v) is 9.37. The van der Waals surface area contributed by atoms with Crippen molar-refractivity contribution in [3.63, 3.8) is 0 Å². The van der Waals surface area contributed by atoms with Crippen molar-refractivity contribution >= 4 is 21.6 Å². The molecular formula is C17H16ClN3O3S. The van der Waals surface area contributed by atoms with Crippen molar-refractivity contribution in [2.75, 3.05) is 0 Å². The maximum Gasteiger partial charge on any atom is 0.242 e. The molecule has 0 unspecified atom stereocenters. The molecule has 0 atom stereocenters. The van der Waals surface area contributed by atoms with E-state index in [4.69, 9.17) is 16.1 Å². The van der Waals surface area contributed by atoms with E-state index in [1.165, 1.54) is 12.1 Å². The Bertz CT molecular complexity index is 998. The van der Waals surface area contributed by atoms with Crippen LogP contribution in [0.25, 0.3) is 11.4 Å². The number of benzene rings is 2. The van der Waals surface area contributed by atoms with Crippen LogP contribution in [0.5, 0.6) is 0 Å². The highest BCUT2D eigenvalue weighted by molar-refractivity contribution is 7.89. The Morgan fingerprint density at radius 2 is 1.84 bits per heavy atom. The number of aryl methyl sites for hydroxylation is 2. The molecule has 6 nitrogen and oxygen atoms in total. The summed E-state index contributed by atoms with van der Waals surface area (Å²) in [6.45, 7) is 3.68. The number of hydrogen-bond acceptors (Lipinski definition) is 5. The third-order valence-electron chi connectivity index (χ3n) is 3.64. The van der Waals surface area contributed by atoms with Gasteiger partial charge in [-0.05, 0) is 31.5 Å². The SMILES string of the molecule is Cc1ccc(-c2noc(CNS(=O)(=O)c3ccc(C)c(Cl)c3)n2)cc1. The molecule has 1 N–H and O–H groups in total. The van der Waals surface area contributed by atoms with Crippen LogP contribution < -0.4 is 4.72 Å². The predicted molar refractivity (Wildman–Crippen MR) is 94.7 cm³/mol. The predicted octanol–water partition coefficient (Wildman–Crippen LogP) is 3.49. The fourth-order valence-corrected chi connectivity index (χ4v) is 3.37. The van der Waals surface area contributed by atoms with E-state index < -0.39 is 10.0 Å². The van der Waals surface area contributed by atoms with E-state index in [2.05, 4.69) is 14.9 Å². The Kier molecular flexibility index (Phi) is 4.89. The van der Waals surface area contributed by atoms with Crippen molar-refractivity contribution in [2.24, 2.45) is 0 Å². The van der Waals surface area contributed by atoms with Crippen LogP contribution in [-0.4, -0.2) is 18.6 Å². The Morgan fingerprint density at radius 3 is 2.52 bits per heavy atom. The largest absolute Gasteiger partial charge is 0.338 e. The molecule has 0 aliphatic rings. The van der Waals surface area contributed by atoms with E-state index in [9.17, 15) is 8.42 Å². The maximum absolute atomic E-state index is 12.3. The molecule has 0 spiro atoms. The highest BCUT2D eigenvalue weighted by atomic mass is 35.5. The summed E-state index contributed by atoms with van der Waals surface area (Å²) in [5, 5.41) is 4.26. The van der Waals surface area contributed by atoms with Crippen molar-refractivity contribution in [1.29, 1.82) is 0 Å². The highest BCUT2D eigenvalue weighted by Crippen LogP contribution is 2.20. The van der Waals surface area contributed by atoms with Crippen LogP contribution in [0.15, 0.2) is 51.9 Å². The average Bonchev–Trinajstić information content (AvgIpc) is 3.05. The molecule has 3 rings (SSSR count). The summed E-state index contributed by atoms with van der Waals surface area (Å²) in [7, 11) is -3.72. The zero-order valence-electron chi connectivity index (χ0n) is 13.7. The van der Waals surface area contributed by atoms with Crippen molar-refractivity contribution in [3.8, 4) is 11.4 Å². The minimum Gasteiger partial charge on any atom is -0.338 e. The van der Waals surface area contributed by atoms with E-state index in [1.807, 2.05) is 31.2 Å². The van der Waals surface area contributed by atoms with Gasteiger partial charge in [0.15, 0.2) is 0 Å². The molecule has 130 valence electrons. The smallest absolute Gasteiger partial charge is 0.242 e. The molecule has 0 saturated carbocycles. The Morgan fingerprint density at radius 1 is 1.12 bits per heavy atom. The van der Waals surface area contributed by atoms with Crippen LogP contribution in [0.2, 0.25) is 5.02 Å². The van der Waals surface area contributed by atoms with E-state index in [-0.39, 0.29) is 17.3 Å². The van der Waals surface area contributed by atoms with Gasteiger partial charge in [-0.3, -0.25) is 0 Å². The van der Waals surface area contributed by atoms with Gasteiger partial charge in [0.1, 0.15) is 0 Å². The molecule has 1 aromatic heterocycles. The molecule has 2 aromatic carbocycles. The summed E-state index contributed by atoms with van der Waals surface area (Å²) in [6, 6.07) is 12.2. The monoisotopic (exact) mass is 377 g/mol. The minimum atomic E-state index is -3.72. The average molecular weight is 378 g/mol. The Balaban J connectivity index is 1.73. The minimum absolute atomic E-state index is 0.0846. The van der Waals surface area contributed by atoms with Gasteiger partial charge in [-0.2, -0.15) is 4.98 Å². The summed E-state index contributed by atoms with van der Waals surface area (Å²) >= 11 is 5.99. The molecule has 1 heterocycles. The lowest BCUT2D eigenvalue weighted by atomic mass is 10.1.